The van der Waals surface area contributed by atoms with E-state index in [2.05, 4.69) is 0 Å². The van der Waals surface area contributed by atoms with E-state index < -0.39 is 10.0 Å². The molecule has 0 radical (unpaired) electrons. The number of rotatable bonds is 8. The first-order valence-electron chi connectivity index (χ1n) is 10.7. The summed E-state index contributed by atoms with van der Waals surface area (Å²) in [6.07, 6.45) is 0.958. The van der Waals surface area contributed by atoms with Crippen molar-refractivity contribution in [3.05, 3.63) is 59.7 Å². The molecule has 32 heavy (non-hydrogen) atoms. The molecule has 1 fully saturated rings. The quantitative estimate of drug-likeness (QED) is 0.568. The Morgan fingerprint density at radius 1 is 1.03 bits per heavy atom. The number of benzene rings is 2. The van der Waals surface area contributed by atoms with Crippen LogP contribution in [0.15, 0.2) is 53.4 Å². The summed E-state index contributed by atoms with van der Waals surface area (Å²) < 4.78 is 32.9. The number of likely N-dealkylation sites (N-methyl/N-ethyl adjacent to an activating group) is 1. The number of piperidine rings is 1. The van der Waals surface area contributed by atoms with Gasteiger partial charge in [0.25, 0.3) is 0 Å². The van der Waals surface area contributed by atoms with Crippen LogP contribution in [0.4, 0.5) is 0 Å². The topological polar surface area (TPSA) is 84.0 Å². The van der Waals surface area contributed by atoms with E-state index in [1.165, 1.54) is 35.5 Å². The monoisotopic (exact) mass is 458 g/mol. The number of sulfonamides is 1. The lowest BCUT2D eigenvalue weighted by Crippen LogP contribution is -2.44. The molecule has 0 atom stereocenters. The Morgan fingerprint density at radius 3 is 2.19 bits per heavy atom. The zero-order valence-electron chi connectivity index (χ0n) is 18.8. The summed E-state index contributed by atoms with van der Waals surface area (Å²) >= 11 is 0. The van der Waals surface area contributed by atoms with E-state index in [1.54, 1.807) is 11.9 Å². The van der Waals surface area contributed by atoms with Crippen LogP contribution in [-0.4, -0.2) is 62.6 Å². The SMILES string of the molecule is CC(=O)c1ccc(S(=O)(=O)N2CCC(C(=O)N(C)CCOc3ccc(C)cc3)CC2)cc1. The summed E-state index contributed by atoms with van der Waals surface area (Å²) in [5.74, 6) is 0.472. The highest BCUT2D eigenvalue weighted by Gasteiger charge is 2.33. The van der Waals surface area contributed by atoms with Crippen molar-refractivity contribution in [2.45, 2.75) is 31.6 Å². The van der Waals surface area contributed by atoms with Crippen molar-refractivity contribution in [2.75, 3.05) is 33.3 Å². The number of Topliss-reactive ketones (excluding diaryl/α,β-unsaturated/α-hetero) is 1. The van der Waals surface area contributed by atoms with Crippen molar-refractivity contribution in [3.63, 3.8) is 0 Å². The third-order valence-corrected chi connectivity index (χ3v) is 7.71. The lowest BCUT2D eigenvalue weighted by Gasteiger charge is -2.32. The van der Waals surface area contributed by atoms with Crippen molar-refractivity contribution >= 4 is 21.7 Å². The minimum atomic E-state index is -3.64. The van der Waals surface area contributed by atoms with Crippen LogP contribution in [0.3, 0.4) is 0 Å². The number of amides is 1. The summed E-state index contributed by atoms with van der Waals surface area (Å²) in [6.45, 7) is 4.90. The van der Waals surface area contributed by atoms with Gasteiger partial charge in [0.15, 0.2) is 5.78 Å². The molecular weight excluding hydrogens is 428 g/mol. The number of ether oxygens (including phenoxy) is 1. The molecule has 2 aromatic carbocycles. The van der Waals surface area contributed by atoms with Gasteiger partial charge >= 0.3 is 0 Å². The summed E-state index contributed by atoms with van der Waals surface area (Å²) in [4.78, 5) is 26.0. The zero-order chi connectivity index (χ0) is 23.3. The largest absolute Gasteiger partial charge is 0.492 e. The van der Waals surface area contributed by atoms with Crippen LogP contribution in [0.1, 0.15) is 35.7 Å². The van der Waals surface area contributed by atoms with Crippen molar-refractivity contribution in [2.24, 2.45) is 5.92 Å². The Labute approximate surface area is 190 Å². The second-order valence-corrected chi connectivity index (χ2v) is 10.1. The average molecular weight is 459 g/mol. The molecule has 0 saturated carbocycles. The van der Waals surface area contributed by atoms with E-state index in [0.717, 1.165) is 11.3 Å². The molecule has 0 aromatic heterocycles. The van der Waals surface area contributed by atoms with Gasteiger partial charge in [-0.2, -0.15) is 4.31 Å². The highest BCUT2D eigenvalue weighted by molar-refractivity contribution is 7.89. The van der Waals surface area contributed by atoms with E-state index >= 15 is 0 Å². The highest BCUT2D eigenvalue weighted by Crippen LogP contribution is 2.25. The highest BCUT2D eigenvalue weighted by atomic mass is 32.2. The number of carbonyl (C=O) groups is 2. The average Bonchev–Trinajstić information content (AvgIpc) is 2.80. The fraction of sp³-hybridized carbons (Fsp3) is 0.417. The molecule has 2 aromatic rings. The summed E-state index contributed by atoms with van der Waals surface area (Å²) in [7, 11) is -1.89. The zero-order valence-corrected chi connectivity index (χ0v) is 19.6. The third kappa shape index (κ3) is 5.75. The minimum absolute atomic E-state index is 0.0142. The van der Waals surface area contributed by atoms with E-state index in [1.807, 2.05) is 31.2 Å². The van der Waals surface area contributed by atoms with Gasteiger partial charge in [0.2, 0.25) is 15.9 Å². The number of ketones is 1. The molecule has 1 aliphatic rings. The first kappa shape index (κ1) is 23.9. The van der Waals surface area contributed by atoms with Gasteiger partial charge in [0.1, 0.15) is 12.4 Å². The number of hydrogen-bond acceptors (Lipinski definition) is 5. The summed E-state index contributed by atoms with van der Waals surface area (Å²) in [5, 5.41) is 0. The Balaban J connectivity index is 1.49. The number of aryl methyl sites for hydroxylation is 1. The van der Waals surface area contributed by atoms with Gasteiger partial charge < -0.3 is 9.64 Å². The lowest BCUT2D eigenvalue weighted by atomic mass is 9.97. The fourth-order valence-electron chi connectivity index (χ4n) is 3.71. The minimum Gasteiger partial charge on any atom is -0.492 e. The van der Waals surface area contributed by atoms with Crippen molar-refractivity contribution in [3.8, 4) is 5.75 Å². The molecule has 0 unspecified atom stereocenters. The van der Waals surface area contributed by atoms with Crippen molar-refractivity contribution in [1.82, 2.24) is 9.21 Å². The van der Waals surface area contributed by atoms with Crippen LogP contribution in [0.2, 0.25) is 0 Å². The van der Waals surface area contributed by atoms with Crippen molar-refractivity contribution < 1.29 is 22.7 Å². The molecule has 7 nitrogen and oxygen atoms in total. The van der Waals surface area contributed by atoms with Crippen LogP contribution in [-0.2, 0) is 14.8 Å². The van der Waals surface area contributed by atoms with E-state index in [-0.39, 0.29) is 22.5 Å². The fourth-order valence-corrected chi connectivity index (χ4v) is 5.18. The maximum Gasteiger partial charge on any atom is 0.243 e. The molecule has 0 spiro atoms. The lowest BCUT2D eigenvalue weighted by molar-refractivity contribution is -0.135. The van der Waals surface area contributed by atoms with Crippen LogP contribution in [0.5, 0.6) is 5.75 Å². The molecule has 3 rings (SSSR count). The Morgan fingerprint density at radius 2 is 1.62 bits per heavy atom. The Bertz CT molecular complexity index is 1040. The van der Waals surface area contributed by atoms with Gasteiger partial charge in [0, 0.05) is 31.6 Å². The van der Waals surface area contributed by atoms with Gasteiger partial charge in [-0.25, -0.2) is 8.42 Å². The predicted octanol–water partition coefficient (Wildman–Crippen LogP) is 3.14. The third-order valence-electron chi connectivity index (χ3n) is 5.79. The van der Waals surface area contributed by atoms with Gasteiger partial charge in [-0.15, -0.1) is 0 Å². The van der Waals surface area contributed by atoms with Crippen LogP contribution in [0.25, 0.3) is 0 Å². The van der Waals surface area contributed by atoms with Gasteiger partial charge in [-0.1, -0.05) is 29.8 Å². The Hall–Kier alpha value is -2.71. The maximum atomic E-state index is 12.9. The van der Waals surface area contributed by atoms with E-state index in [9.17, 15) is 18.0 Å². The second kappa shape index (κ2) is 10.3. The molecule has 1 saturated heterocycles. The molecule has 1 aliphatic heterocycles. The van der Waals surface area contributed by atoms with E-state index in [0.29, 0.717) is 44.6 Å². The first-order chi connectivity index (χ1) is 15.2. The number of carbonyl (C=O) groups excluding carboxylic acids is 2. The maximum absolute atomic E-state index is 12.9. The molecule has 0 N–H and O–H groups in total. The van der Waals surface area contributed by atoms with E-state index in [4.69, 9.17) is 4.74 Å². The van der Waals surface area contributed by atoms with Gasteiger partial charge in [-0.05, 0) is 51.0 Å². The predicted molar refractivity (Wildman–Crippen MR) is 122 cm³/mol. The van der Waals surface area contributed by atoms with Crippen molar-refractivity contribution in [1.29, 1.82) is 0 Å². The first-order valence-corrected chi connectivity index (χ1v) is 12.2. The molecule has 0 aliphatic carbocycles. The molecular formula is C24H30N2O5S. The Kier molecular flexibility index (Phi) is 7.69. The second-order valence-electron chi connectivity index (χ2n) is 8.18. The normalized spacial score (nSPS) is 15.3. The van der Waals surface area contributed by atoms with Gasteiger partial charge in [-0.3, -0.25) is 9.59 Å². The van der Waals surface area contributed by atoms with Crippen LogP contribution < -0.4 is 4.74 Å². The van der Waals surface area contributed by atoms with Crippen LogP contribution >= 0.6 is 0 Å². The summed E-state index contributed by atoms with van der Waals surface area (Å²) in [5.41, 5.74) is 1.63. The molecule has 172 valence electrons. The molecule has 8 heteroatoms. The van der Waals surface area contributed by atoms with Gasteiger partial charge in [0.05, 0.1) is 11.4 Å². The molecule has 1 heterocycles. The number of nitrogens with zero attached hydrogens (tertiary/aromatic N) is 2. The smallest absolute Gasteiger partial charge is 0.243 e. The number of hydrogen-bond donors (Lipinski definition) is 0. The molecule has 0 bridgehead atoms. The standard InChI is InChI=1S/C24H30N2O5S/c1-18-4-8-22(9-5-18)31-17-16-25(3)24(28)21-12-14-26(15-13-21)32(29,30)23-10-6-20(7-11-23)19(2)27/h4-11,21H,12-17H2,1-3H3. The summed E-state index contributed by atoms with van der Waals surface area (Å²) in [6, 6.07) is 13.7. The molecule has 1 amide bonds. The van der Waals surface area contributed by atoms with Crippen LogP contribution in [0, 0.1) is 12.8 Å².